The van der Waals surface area contributed by atoms with Crippen LogP contribution in [0.1, 0.15) is 21.9 Å². The second-order valence-electron chi connectivity index (χ2n) is 6.41. The fourth-order valence-electron chi connectivity index (χ4n) is 2.76. The average Bonchev–Trinajstić information content (AvgIpc) is 3.52. The number of carbonyl (C=O) groups excluding carboxylic acids is 2. The molecule has 0 unspecified atom stereocenters. The lowest BCUT2D eigenvalue weighted by Gasteiger charge is -2.11. The van der Waals surface area contributed by atoms with Gasteiger partial charge in [0.05, 0.1) is 18.6 Å². The summed E-state index contributed by atoms with van der Waals surface area (Å²) in [6.07, 6.45) is 3.07. The Hall–Kier alpha value is -3.44. The molecular weight excluding hydrogens is 436 g/mol. The number of rotatable bonds is 8. The first-order chi connectivity index (χ1) is 15.1. The van der Waals surface area contributed by atoms with Crippen molar-refractivity contribution in [3.63, 3.8) is 0 Å². The molecule has 31 heavy (non-hydrogen) atoms. The van der Waals surface area contributed by atoms with Crippen LogP contribution < -0.4 is 10.6 Å². The van der Waals surface area contributed by atoms with Crippen molar-refractivity contribution in [1.82, 2.24) is 25.1 Å². The number of aromatic nitrogens is 4. The van der Waals surface area contributed by atoms with Gasteiger partial charge in [-0.3, -0.25) is 14.2 Å². The van der Waals surface area contributed by atoms with Crippen molar-refractivity contribution >= 4 is 40.0 Å². The molecule has 0 saturated heterocycles. The first kappa shape index (κ1) is 20.8. The van der Waals surface area contributed by atoms with Gasteiger partial charge in [-0.05, 0) is 36.8 Å². The minimum absolute atomic E-state index is 0.141. The Bertz CT molecular complexity index is 1170. The third-order valence-corrected chi connectivity index (χ3v) is 5.74. The number of aryl methyl sites for hydroxylation is 1. The summed E-state index contributed by atoms with van der Waals surface area (Å²) in [5.41, 5.74) is 1.91. The summed E-state index contributed by atoms with van der Waals surface area (Å²) in [4.78, 5) is 28.5. The van der Waals surface area contributed by atoms with Gasteiger partial charge in [0.25, 0.3) is 5.91 Å². The molecule has 4 rings (SSSR count). The number of carbonyl (C=O) groups is 2. The Balaban J connectivity index is 1.52. The van der Waals surface area contributed by atoms with Gasteiger partial charge in [0, 0.05) is 17.3 Å². The van der Waals surface area contributed by atoms with E-state index in [1.54, 1.807) is 23.7 Å². The zero-order valence-corrected chi connectivity index (χ0v) is 18.1. The smallest absolute Gasteiger partial charge is 0.287 e. The Kier molecular flexibility index (Phi) is 6.43. The monoisotopic (exact) mass is 454 g/mol. The minimum Gasteiger partial charge on any atom is -0.459 e. The highest BCUT2D eigenvalue weighted by Gasteiger charge is 2.18. The van der Waals surface area contributed by atoms with E-state index in [0.717, 1.165) is 11.3 Å². The van der Waals surface area contributed by atoms with Gasteiger partial charge in [-0.2, -0.15) is 0 Å². The molecular formula is C20H18N6O3S2. The van der Waals surface area contributed by atoms with Gasteiger partial charge in [-0.25, -0.2) is 4.98 Å². The Labute approximate surface area is 185 Å². The van der Waals surface area contributed by atoms with Gasteiger partial charge >= 0.3 is 0 Å². The molecule has 9 nitrogen and oxygen atoms in total. The van der Waals surface area contributed by atoms with Gasteiger partial charge in [0.2, 0.25) is 5.91 Å². The van der Waals surface area contributed by atoms with Crippen LogP contribution in [0.4, 0.5) is 5.13 Å². The van der Waals surface area contributed by atoms with E-state index in [0.29, 0.717) is 16.1 Å². The second-order valence-corrected chi connectivity index (χ2v) is 8.24. The summed E-state index contributed by atoms with van der Waals surface area (Å²) in [6, 6.07) is 11.1. The molecule has 0 aliphatic rings. The molecule has 0 aliphatic heterocycles. The number of thiazole rings is 1. The fraction of sp³-hybridized carbons (Fsp3) is 0.150. The molecule has 1 aromatic carbocycles. The van der Waals surface area contributed by atoms with Gasteiger partial charge in [0.15, 0.2) is 21.9 Å². The summed E-state index contributed by atoms with van der Waals surface area (Å²) in [7, 11) is 0. The van der Waals surface area contributed by atoms with Gasteiger partial charge in [0.1, 0.15) is 0 Å². The molecule has 0 saturated carbocycles. The molecule has 11 heteroatoms. The van der Waals surface area contributed by atoms with Crippen LogP contribution in [0.15, 0.2) is 63.8 Å². The molecule has 3 heterocycles. The fourth-order valence-corrected chi connectivity index (χ4v) is 4.08. The van der Waals surface area contributed by atoms with Crippen molar-refractivity contribution in [3.8, 4) is 5.69 Å². The average molecular weight is 455 g/mol. The molecule has 4 aromatic rings. The first-order valence-corrected chi connectivity index (χ1v) is 11.1. The van der Waals surface area contributed by atoms with Crippen LogP contribution in [-0.4, -0.2) is 37.3 Å². The van der Waals surface area contributed by atoms with Crippen molar-refractivity contribution in [2.75, 3.05) is 11.1 Å². The van der Waals surface area contributed by atoms with Crippen molar-refractivity contribution in [2.45, 2.75) is 18.6 Å². The van der Waals surface area contributed by atoms with E-state index in [9.17, 15) is 9.59 Å². The predicted molar refractivity (Wildman–Crippen MR) is 117 cm³/mol. The predicted octanol–water partition coefficient (Wildman–Crippen LogP) is 3.29. The lowest BCUT2D eigenvalue weighted by Crippen LogP contribution is -2.24. The van der Waals surface area contributed by atoms with E-state index in [-0.39, 0.29) is 29.9 Å². The maximum atomic E-state index is 12.2. The van der Waals surface area contributed by atoms with Crippen LogP contribution >= 0.6 is 23.1 Å². The third kappa shape index (κ3) is 5.19. The number of hydrogen-bond donors (Lipinski definition) is 2. The number of nitrogens with zero attached hydrogens (tertiary/aromatic N) is 4. The van der Waals surface area contributed by atoms with E-state index in [1.807, 2.05) is 35.8 Å². The lowest BCUT2D eigenvalue weighted by molar-refractivity contribution is -0.113. The number of furan rings is 1. The first-order valence-electron chi connectivity index (χ1n) is 9.25. The Morgan fingerprint density at radius 3 is 2.87 bits per heavy atom. The van der Waals surface area contributed by atoms with E-state index >= 15 is 0 Å². The highest BCUT2D eigenvalue weighted by atomic mass is 32.2. The normalized spacial score (nSPS) is 10.7. The van der Waals surface area contributed by atoms with Gasteiger partial charge < -0.3 is 15.1 Å². The number of benzene rings is 1. The van der Waals surface area contributed by atoms with E-state index < -0.39 is 0 Å². The van der Waals surface area contributed by atoms with Crippen molar-refractivity contribution in [2.24, 2.45) is 0 Å². The Morgan fingerprint density at radius 2 is 2.13 bits per heavy atom. The number of nitrogens with one attached hydrogen (secondary N) is 2. The Morgan fingerprint density at radius 1 is 1.23 bits per heavy atom. The highest BCUT2D eigenvalue weighted by Crippen LogP contribution is 2.23. The number of hydrogen-bond acceptors (Lipinski definition) is 8. The molecule has 2 N–H and O–H groups in total. The molecule has 3 aromatic heterocycles. The van der Waals surface area contributed by atoms with Crippen LogP contribution in [0, 0.1) is 6.92 Å². The lowest BCUT2D eigenvalue weighted by atomic mass is 10.2. The number of thioether (sulfide) groups is 1. The maximum absolute atomic E-state index is 12.2. The van der Waals surface area contributed by atoms with Crippen LogP contribution in [0.25, 0.3) is 5.69 Å². The van der Waals surface area contributed by atoms with Crippen molar-refractivity contribution in [3.05, 3.63) is 71.4 Å². The van der Waals surface area contributed by atoms with Crippen LogP contribution in [-0.2, 0) is 11.3 Å². The van der Waals surface area contributed by atoms with Crippen LogP contribution in [0.3, 0.4) is 0 Å². The molecule has 0 radical (unpaired) electrons. The van der Waals surface area contributed by atoms with Crippen molar-refractivity contribution < 1.29 is 14.0 Å². The highest BCUT2D eigenvalue weighted by molar-refractivity contribution is 7.99. The maximum Gasteiger partial charge on any atom is 0.287 e. The van der Waals surface area contributed by atoms with Crippen molar-refractivity contribution in [1.29, 1.82) is 0 Å². The van der Waals surface area contributed by atoms with Gasteiger partial charge in [-0.15, -0.1) is 21.5 Å². The molecule has 158 valence electrons. The minimum atomic E-state index is -0.346. The molecule has 0 atom stereocenters. The standard InChI is InChI=1S/C20H18N6O3S2/c1-13-4-2-5-14(10-13)26-16(11-22-18(28)15-6-3-8-29-15)24-25-20(26)31-12-17(27)23-19-21-7-9-30-19/h2-10H,11-12H2,1H3,(H,22,28)(H,21,23,27). The molecule has 0 bridgehead atoms. The van der Waals surface area contributed by atoms with E-state index in [4.69, 9.17) is 4.42 Å². The zero-order chi connectivity index (χ0) is 21.6. The number of anilines is 1. The van der Waals surface area contributed by atoms with E-state index in [2.05, 4.69) is 25.8 Å². The van der Waals surface area contributed by atoms with Crippen LogP contribution in [0.5, 0.6) is 0 Å². The molecule has 0 spiro atoms. The van der Waals surface area contributed by atoms with Gasteiger partial charge in [-0.1, -0.05) is 23.9 Å². The quantitative estimate of drug-likeness (QED) is 0.393. The second kappa shape index (κ2) is 9.58. The molecule has 2 amide bonds. The summed E-state index contributed by atoms with van der Waals surface area (Å²) in [6.45, 7) is 2.13. The summed E-state index contributed by atoms with van der Waals surface area (Å²) in [5, 5.41) is 16.9. The third-order valence-electron chi connectivity index (χ3n) is 4.12. The zero-order valence-electron chi connectivity index (χ0n) is 16.4. The van der Waals surface area contributed by atoms with E-state index in [1.165, 1.54) is 29.4 Å². The van der Waals surface area contributed by atoms with Crippen LogP contribution in [0.2, 0.25) is 0 Å². The largest absolute Gasteiger partial charge is 0.459 e. The SMILES string of the molecule is Cc1cccc(-n2c(CNC(=O)c3ccco3)nnc2SCC(=O)Nc2nccs2)c1. The molecule has 0 fully saturated rings. The molecule has 0 aliphatic carbocycles. The number of amides is 2. The topological polar surface area (TPSA) is 115 Å². The summed E-state index contributed by atoms with van der Waals surface area (Å²) >= 11 is 2.61. The summed E-state index contributed by atoms with van der Waals surface area (Å²) < 4.78 is 6.95. The summed E-state index contributed by atoms with van der Waals surface area (Å²) in [5.74, 6) is 0.359.